The zero-order chi connectivity index (χ0) is 11.5. The van der Waals surface area contributed by atoms with Gasteiger partial charge in [0.15, 0.2) is 0 Å². The number of hydrogen-bond acceptors (Lipinski definition) is 2. The lowest BCUT2D eigenvalue weighted by atomic mass is 9.97. The minimum absolute atomic E-state index is 0.680. The van der Waals surface area contributed by atoms with Gasteiger partial charge in [-0.05, 0) is 37.0 Å². The summed E-state index contributed by atoms with van der Waals surface area (Å²) in [4.78, 5) is 2.56. The Labute approximate surface area is 98.2 Å². The van der Waals surface area contributed by atoms with Crippen LogP contribution < -0.4 is 4.74 Å². The number of fused-ring (bicyclic) bond motifs is 1. The first kappa shape index (κ1) is 11.5. The molecule has 88 valence electrons. The van der Waals surface area contributed by atoms with Gasteiger partial charge in [0, 0.05) is 19.1 Å². The van der Waals surface area contributed by atoms with Crippen LogP contribution in [0.2, 0.25) is 0 Å². The molecule has 1 unspecified atom stereocenters. The Kier molecular flexibility index (Phi) is 3.49. The molecule has 1 aromatic rings. The summed E-state index contributed by atoms with van der Waals surface area (Å²) >= 11 is 0. The van der Waals surface area contributed by atoms with Gasteiger partial charge in [-0.2, -0.15) is 0 Å². The highest BCUT2D eigenvalue weighted by molar-refractivity contribution is 5.41. The first-order valence-electron chi connectivity index (χ1n) is 6.15. The normalized spacial score (nSPS) is 17.9. The molecular weight excluding hydrogens is 198 g/mol. The molecule has 1 aliphatic heterocycles. The fourth-order valence-corrected chi connectivity index (χ4v) is 2.42. The van der Waals surface area contributed by atoms with Crippen LogP contribution >= 0.6 is 0 Å². The molecule has 16 heavy (non-hydrogen) atoms. The van der Waals surface area contributed by atoms with E-state index >= 15 is 0 Å². The van der Waals surface area contributed by atoms with Gasteiger partial charge in [-0.25, -0.2) is 0 Å². The summed E-state index contributed by atoms with van der Waals surface area (Å²) in [5.74, 6) is 1.06. The van der Waals surface area contributed by atoms with E-state index in [1.807, 2.05) is 0 Å². The summed E-state index contributed by atoms with van der Waals surface area (Å²) in [6.45, 7) is 6.79. The van der Waals surface area contributed by atoms with Crippen molar-refractivity contribution in [3.8, 4) is 5.75 Å². The van der Waals surface area contributed by atoms with Crippen molar-refractivity contribution in [2.45, 2.75) is 39.3 Å². The predicted molar refractivity (Wildman–Crippen MR) is 66.9 cm³/mol. The van der Waals surface area contributed by atoms with Crippen molar-refractivity contribution < 1.29 is 4.74 Å². The average molecular weight is 219 g/mol. The smallest absolute Gasteiger partial charge is 0.122 e. The second-order valence-electron chi connectivity index (χ2n) is 4.58. The molecule has 2 nitrogen and oxygen atoms in total. The Morgan fingerprint density at radius 1 is 1.44 bits per heavy atom. The standard InChI is InChI=1S/C14H21NO/c1-4-11(2)15-9-8-13-12(10-15)6-5-7-14(13)16-3/h5-7,11H,4,8-10H2,1-3H3. The van der Waals surface area contributed by atoms with Crippen molar-refractivity contribution in [2.24, 2.45) is 0 Å². The third kappa shape index (κ3) is 2.07. The predicted octanol–water partition coefficient (Wildman–Crippen LogP) is 2.85. The molecule has 0 N–H and O–H groups in total. The molecule has 0 radical (unpaired) electrons. The molecule has 0 saturated carbocycles. The first-order valence-corrected chi connectivity index (χ1v) is 6.15. The molecule has 0 saturated heterocycles. The molecule has 1 heterocycles. The van der Waals surface area contributed by atoms with Crippen LogP contribution in [0.4, 0.5) is 0 Å². The van der Waals surface area contributed by atoms with Gasteiger partial charge in [0.25, 0.3) is 0 Å². The molecule has 1 aromatic carbocycles. The number of benzene rings is 1. The minimum Gasteiger partial charge on any atom is -0.496 e. The Morgan fingerprint density at radius 2 is 2.25 bits per heavy atom. The van der Waals surface area contributed by atoms with E-state index in [1.54, 1.807) is 7.11 Å². The molecule has 2 heteroatoms. The van der Waals surface area contributed by atoms with E-state index in [1.165, 1.54) is 17.5 Å². The van der Waals surface area contributed by atoms with Gasteiger partial charge >= 0.3 is 0 Å². The summed E-state index contributed by atoms with van der Waals surface area (Å²) in [7, 11) is 1.76. The zero-order valence-corrected chi connectivity index (χ0v) is 10.5. The number of nitrogens with zero attached hydrogens (tertiary/aromatic N) is 1. The summed E-state index contributed by atoms with van der Waals surface area (Å²) < 4.78 is 5.42. The van der Waals surface area contributed by atoms with Crippen LogP contribution in [0.1, 0.15) is 31.4 Å². The van der Waals surface area contributed by atoms with E-state index in [9.17, 15) is 0 Å². The molecule has 1 aliphatic rings. The van der Waals surface area contributed by atoms with E-state index in [-0.39, 0.29) is 0 Å². The lowest BCUT2D eigenvalue weighted by molar-refractivity contribution is 0.185. The van der Waals surface area contributed by atoms with E-state index in [2.05, 4.69) is 36.9 Å². The van der Waals surface area contributed by atoms with Crippen molar-refractivity contribution in [3.05, 3.63) is 29.3 Å². The maximum Gasteiger partial charge on any atom is 0.122 e. The highest BCUT2D eigenvalue weighted by Crippen LogP contribution is 2.28. The SMILES string of the molecule is CCC(C)N1CCc2c(cccc2OC)C1. The minimum atomic E-state index is 0.680. The summed E-state index contributed by atoms with van der Waals surface area (Å²) in [5, 5.41) is 0. The maximum atomic E-state index is 5.42. The van der Waals surface area contributed by atoms with Crippen LogP contribution in [0.15, 0.2) is 18.2 Å². The summed E-state index contributed by atoms with van der Waals surface area (Å²) in [5.41, 5.74) is 2.84. The monoisotopic (exact) mass is 219 g/mol. The van der Waals surface area contributed by atoms with Gasteiger partial charge in [-0.15, -0.1) is 0 Å². The Hall–Kier alpha value is -1.02. The maximum absolute atomic E-state index is 5.42. The second-order valence-corrected chi connectivity index (χ2v) is 4.58. The largest absolute Gasteiger partial charge is 0.496 e. The second kappa shape index (κ2) is 4.88. The third-order valence-corrected chi connectivity index (χ3v) is 3.69. The molecule has 0 aromatic heterocycles. The lowest BCUT2D eigenvalue weighted by Crippen LogP contribution is -2.37. The molecule has 2 rings (SSSR count). The van der Waals surface area contributed by atoms with Crippen molar-refractivity contribution in [2.75, 3.05) is 13.7 Å². The van der Waals surface area contributed by atoms with Crippen molar-refractivity contribution in [1.29, 1.82) is 0 Å². The van der Waals surface area contributed by atoms with Crippen LogP contribution in [0, 0.1) is 0 Å². The fourth-order valence-electron chi connectivity index (χ4n) is 2.42. The number of hydrogen-bond donors (Lipinski definition) is 0. The summed E-state index contributed by atoms with van der Waals surface area (Å²) in [6, 6.07) is 7.07. The van der Waals surface area contributed by atoms with Crippen LogP contribution in [-0.2, 0) is 13.0 Å². The van der Waals surface area contributed by atoms with Crippen molar-refractivity contribution in [3.63, 3.8) is 0 Å². The molecule has 1 atom stereocenters. The Balaban J connectivity index is 2.21. The summed E-state index contributed by atoms with van der Waals surface area (Å²) in [6.07, 6.45) is 2.34. The average Bonchev–Trinajstić information content (AvgIpc) is 2.36. The molecule has 0 fully saturated rings. The molecule has 0 amide bonds. The van der Waals surface area contributed by atoms with Gasteiger partial charge in [0.05, 0.1) is 7.11 Å². The van der Waals surface area contributed by atoms with Gasteiger partial charge in [-0.3, -0.25) is 4.90 Å². The Morgan fingerprint density at radius 3 is 2.94 bits per heavy atom. The molecule has 0 aliphatic carbocycles. The van der Waals surface area contributed by atoms with E-state index in [4.69, 9.17) is 4.74 Å². The molecule has 0 spiro atoms. The number of rotatable bonds is 3. The quantitative estimate of drug-likeness (QED) is 0.775. The van der Waals surface area contributed by atoms with E-state index in [0.29, 0.717) is 6.04 Å². The van der Waals surface area contributed by atoms with Crippen LogP contribution in [0.3, 0.4) is 0 Å². The van der Waals surface area contributed by atoms with E-state index < -0.39 is 0 Å². The zero-order valence-electron chi connectivity index (χ0n) is 10.5. The highest BCUT2D eigenvalue weighted by atomic mass is 16.5. The van der Waals surface area contributed by atoms with Gasteiger partial charge < -0.3 is 4.74 Å². The van der Waals surface area contributed by atoms with Crippen molar-refractivity contribution >= 4 is 0 Å². The number of ether oxygens (including phenoxy) is 1. The van der Waals surface area contributed by atoms with Crippen LogP contribution in [-0.4, -0.2) is 24.6 Å². The third-order valence-electron chi connectivity index (χ3n) is 3.69. The van der Waals surface area contributed by atoms with Gasteiger partial charge in [-0.1, -0.05) is 19.1 Å². The molecular formula is C14H21NO. The van der Waals surface area contributed by atoms with E-state index in [0.717, 1.165) is 25.3 Å². The van der Waals surface area contributed by atoms with Crippen LogP contribution in [0.25, 0.3) is 0 Å². The lowest BCUT2D eigenvalue weighted by Gasteiger charge is -2.33. The Bertz CT molecular complexity index is 362. The van der Waals surface area contributed by atoms with Gasteiger partial charge in [0.1, 0.15) is 5.75 Å². The fraction of sp³-hybridized carbons (Fsp3) is 0.571. The van der Waals surface area contributed by atoms with Gasteiger partial charge in [0.2, 0.25) is 0 Å². The molecule has 0 bridgehead atoms. The van der Waals surface area contributed by atoms with Crippen molar-refractivity contribution in [1.82, 2.24) is 4.90 Å². The topological polar surface area (TPSA) is 12.5 Å². The number of methoxy groups -OCH3 is 1. The highest BCUT2D eigenvalue weighted by Gasteiger charge is 2.21. The first-order chi connectivity index (χ1) is 7.76. The van der Waals surface area contributed by atoms with Crippen LogP contribution in [0.5, 0.6) is 5.75 Å².